The van der Waals surface area contributed by atoms with Gasteiger partial charge in [0, 0.05) is 37.8 Å². The van der Waals surface area contributed by atoms with Crippen molar-refractivity contribution in [3.8, 4) is 0 Å². The molecule has 294 valence electrons. The van der Waals surface area contributed by atoms with Crippen LogP contribution >= 0.6 is 0 Å². The lowest BCUT2D eigenvalue weighted by molar-refractivity contribution is -0.00378. The first-order valence-electron chi connectivity index (χ1n) is 23.1. The highest BCUT2D eigenvalue weighted by molar-refractivity contribution is 5.30. The van der Waals surface area contributed by atoms with Crippen molar-refractivity contribution in [3.63, 3.8) is 0 Å². The molecule has 1 aliphatic rings. The fraction of sp³-hybridized carbons (Fsp3) is 0.720. The van der Waals surface area contributed by atoms with Crippen LogP contribution < -0.4 is 0 Å². The third-order valence-corrected chi connectivity index (χ3v) is 12.2. The van der Waals surface area contributed by atoms with Crippen molar-refractivity contribution >= 4 is 0 Å². The fourth-order valence-electron chi connectivity index (χ4n) is 9.03. The van der Waals surface area contributed by atoms with Crippen molar-refractivity contribution in [3.05, 3.63) is 84.2 Å². The summed E-state index contributed by atoms with van der Waals surface area (Å²) in [7, 11) is 0. The molecule has 0 bridgehead atoms. The maximum Gasteiger partial charge on any atom is 0.123 e. The Balaban J connectivity index is 1.52. The molecule has 2 aromatic rings. The van der Waals surface area contributed by atoms with E-state index in [1.807, 2.05) is 0 Å². The summed E-state index contributed by atoms with van der Waals surface area (Å²) in [5, 5.41) is 0. The van der Waals surface area contributed by atoms with Crippen LogP contribution in [0.15, 0.2) is 73.1 Å². The lowest BCUT2D eigenvalue weighted by atomic mass is 9.78. The minimum absolute atomic E-state index is 0.0643. The van der Waals surface area contributed by atoms with E-state index in [0.717, 1.165) is 25.9 Å². The van der Waals surface area contributed by atoms with E-state index < -0.39 is 0 Å². The molecular weight excluding hydrogens is 629 g/mol. The normalized spacial score (nSPS) is 16.3. The van der Waals surface area contributed by atoms with Gasteiger partial charge in [-0.3, -0.25) is 0 Å². The van der Waals surface area contributed by atoms with Crippen molar-refractivity contribution in [2.75, 3.05) is 13.1 Å². The van der Waals surface area contributed by atoms with E-state index in [9.17, 15) is 0 Å². The standard InChI is InChI=1S/C50H84N2/c1-4-7-9-11-13-15-17-19-20-21-23-25-27-29-37-43-52-45-44-51(42-36-28-26-24-22-18-16-14-12-10-8-5-2)50(52,46-47-38-32-30-33-39-47)49(6-3)48-40-34-31-35-41-48/h30-35,38-41,44-45,49H,4-29,36-37,42-43,46H2,1-3H3. The maximum absolute atomic E-state index is 2.80. The van der Waals surface area contributed by atoms with Gasteiger partial charge >= 0.3 is 0 Å². The van der Waals surface area contributed by atoms with Gasteiger partial charge in [-0.05, 0) is 30.4 Å². The second kappa shape index (κ2) is 29.2. The van der Waals surface area contributed by atoms with Crippen LogP contribution in [0.3, 0.4) is 0 Å². The molecule has 0 N–H and O–H groups in total. The minimum atomic E-state index is -0.0643. The third-order valence-electron chi connectivity index (χ3n) is 12.2. The number of nitrogens with zero attached hydrogens (tertiary/aromatic N) is 2. The summed E-state index contributed by atoms with van der Waals surface area (Å²) in [5.41, 5.74) is 2.89. The molecule has 2 aromatic carbocycles. The molecule has 0 fully saturated rings. The zero-order chi connectivity index (χ0) is 36.8. The smallest absolute Gasteiger partial charge is 0.123 e. The van der Waals surface area contributed by atoms with Gasteiger partial charge in [0.2, 0.25) is 0 Å². The van der Waals surface area contributed by atoms with Gasteiger partial charge in [-0.25, -0.2) is 0 Å². The topological polar surface area (TPSA) is 6.48 Å². The highest BCUT2D eigenvalue weighted by atomic mass is 15.4. The Morgan fingerprint density at radius 1 is 0.404 bits per heavy atom. The summed E-state index contributed by atoms with van der Waals surface area (Å²) >= 11 is 0. The van der Waals surface area contributed by atoms with Crippen molar-refractivity contribution < 1.29 is 0 Å². The summed E-state index contributed by atoms with van der Waals surface area (Å²) in [6, 6.07) is 22.9. The van der Waals surface area contributed by atoms with E-state index in [2.05, 4.69) is 104 Å². The van der Waals surface area contributed by atoms with Crippen molar-refractivity contribution in [1.29, 1.82) is 0 Å². The molecule has 2 heteroatoms. The molecule has 3 rings (SSSR count). The Morgan fingerprint density at radius 3 is 1.08 bits per heavy atom. The maximum atomic E-state index is 2.80. The van der Waals surface area contributed by atoms with Crippen LogP contribution in [0.25, 0.3) is 0 Å². The molecular formula is C50H84N2. The monoisotopic (exact) mass is 713 g/mol. The van der Waals surface area contributed by atoms with Crippen LogP contribution in [0.1, 0.15) is 218 Å². The van der Waals surface area contributed by atoms with E-state index in [4.69, 9.17) is 0 Å². The average molecular weight is 713 g/mol. The van der Waals surface area contributed by atoms with Gasteiger partial charge in [-0.15, -0.1) is 0 Å². The summed E-state index contributed by atoms with van der Waals surface area (Å²) in [4.78, 5) is 5.59. The van der Waals surface area contributed by atoms with Gasteiger partial charge in [0.05, 0.1) is 0 Å². The average Bonchev–Trinajstić information content (AvgIpc) is 3.50. The van der Waals surface area contributed by atoms with Gasteiger partial charge in [0.25, 0.3) is 0 Å². The van der Waals surface area contributed by atoms with Gasteiger partial charge in [-0.2, -0.15) is 0 Å². The zero-order valence-electron chi connectivity index (χ0n) is 34.8. The number of rotatable bonds is 34. The SMILES string of the molecule is CCCCCCCCCCCCCCCCCN1C=CN(CCCCCCCCCCCCCC)C1(Cc1ccccc1)C(CC)c1ccccc1. The molecule has 1 heterocycles. The van der Waals surface area contributed by atoms with Crippen molar-refractivity contribution in [2.45, 2.75) is 219 Å². The summed E-state index contributed by atoms with van der Waals surface area (Å²) < 4.78 is 0. The first-order valence-corrected chi connectivity index (χ1v) is 23.1. The largest absolute Gasteiger partial charge is 0.353 e. The second-order valence-corrected chi connectivity index (χ2v) is 16.4. The molecule has 2 atom stereocenters. The van der Waals surface area contributed by atoms with E-state index >= 15 is 0 Å². The minimum Gasteiger partial charge on any atom is -0.353 e. The molecule has 2 nitrogen and oxygen atoms in total. The zero-order valence-corrected chi connectivity index (χ0v) is 34.8. The van der Waals surface area contributed by atoms with Crippen LogP contribution in [-0.4, -0.2) is 28.6 Å². The molecule has 0 saturated heterocycles. The number of hydrogen-bond acceptors (Lipinski definition) is 2. The first kappa shape index (κ1) is 44.2. The van der Waals surface area contributed by atoms with Crippen LogP contribution in [0.4, 0.5) is 0 Å². The molecule has 0 radical (unpaired) electrons. The molecule has 1 aliphatic heterocycles. The van der Waals surface area contributed by atoms with Crippen molar-refractivity contribution in [2.24, 2.45) is 0 Å². The number of hydrogen-bond donors (Lipinski definition) is 0. The van der Waals surface area contributed by atoms with Gasteiger partial charge in [0.15, 0.2) is 0 Å². The van der Waals surface area contributed by atoms with E-state index in [0.29, 0.717) is 5.92 Å². The van der Waals surface area contributed by atoms with E-state index in [1.165, 1.54) is 184 Å². The van der Waals surface area contributed by atoms with Crippen molar-refractivity contribution in [1.82, 2.24) is 9.80 Å². The van der Waals surface area contributed by atoms with Crippen LogP contribution in [0, 0.1) is 0 Å². The number of benzene rings is 2. The molecule has 0 aromatic heterocycles. The Morgan fingerprint density at radius 2 is 0.731 bits per heavy atom. The first-order chi connectivity index (χ1) is 25.8. The van der Waals surface area contributed by atoms with Crippen LogP contribution in [0.5, 0.6) is 0 Å². The molecule has 2 unspecified atom stereocenters. The molecule has 0 aliphatic carbocycles. The second-order valence-electron chi connectivity index (χ2n) is 16.4. The highest BCUT2D eigenvalue weighted by Gasteiger charge is 2.49. The highest BCUT2D eigenvalue weighted by Crippen LogP contribution is 2.45. The lowest BCUT2D eigenvalue weighted by Gasteiger charge is -2.51. The van der Waals surface area contributed by atoms with Crippen LogP contribution in [0.2, 0.25) is 0 Å². The quantitative estimate of drug-likeness (QED) is 0.0667. The molecule has 0 spiro atoms. The van der Waals surface area contributed by atoms with Gasteiger partial charge < -0.3 is 9.80 Å². The van der Waals surface area contributed by atoms with Gasteiger partial charge in [-0.1, -0.05) is 242 Å². The summed E-state index contributed by atoms with van der Waals surface area (Å²) in [5.74, 6) is 0.442. The lowest BCUT2D eigenvalue weighted by Crippen LogP contribution is -2.59. The Bertz CT molecular complexity index is 1100. The Hall–Kier alpha value is -2.22. The third kappa shape index (κ3) is 16.8. The molecule has 52 heavy (non-hydrogen) atoms. The van der Waals surface area contributed by atoms with Gasteiger partial charge in [0.1, 0.15) is 5.66 Å². The predicted octanol–water partition coefficient (Wildman–Crippen LogP) is 15.8. The fourth-order valence-corrected chi connectivity index (χ4v) is 9.03. The van der Waals surface area contributed by atoms with E-state index in [-0.39, 0.29) is 5.66 Å². The Labute approximate surface area is 324 Å². The Kier molecular flexibility index (Phi) is 24.8. The summed E-state index contributed by atoms with van der Waals surface area (Å²) in [6.45, 7) is 9.36. The summed E-state index contributed by atoms with van der Waals surface area (Å²) in [6.07, 6.45) is 45.3. The molecule has 0 saturated carbocycles. The van der Waals surface area contributed by atoms with Crippen LogP contribution in [-0.2, 0) is 6.42 Å². The molecule has 0 amide bonds. The van der Waals surface area contributed by atoms with E-state index in [1.54, 1.807) is 0 Å². The predicted molar refractivity (Wildman–Crippen MR) is 231 cm³/mol. The number of unbranched alkanes of at least 4 members (excludes halogenated alkanes) is 25.